The van der Waals surface area contributed by atoms with Crippen LogP contribution >= 0.6 is 11.8 Å². The highest BCUT2D eigenvalue weighted by atomic mass is 32.2. The molecule has 1 heterocycles. The lowest BCUT2D eigenvalue weighted by molar-refractivity contribution is -0.115. The molecular weight excluding hydrogens is 346 g/mol. The molecule has 0 saturated carbocycles. The Balaban J connectivity index is 1.54. The van der Waals surface area contributed by atoms with Crippen LogP contribution in [-0.2, 0) is 4.79 Å². The third kappa shape index (κ3) is 4.73. The molecule has 1 N–H and O–H groups in total. The summed E-state index contributed by atoms with van der Waals surface area (Å²) in [5.74, 6) is 0.962. The SMILES string of the molecule is Cc1ccc(SCCC(=O)Nc2nnc(-c3cc(C)ccc3C)o2)cc1. The number of amides is 1. The number of nitrogens with zero attached hydrogens (tertiary/aromatic N) is 2. The average Bonchev–Trinajstić information content (AvgIpc) is 3.07. The molecule has 26 heavy (non-hydrogen) atoms. The van der Waals surface area contributed by atoms with Crippen LogP contribution < -0.4 is 5.32 Å². The van der Waals surface area contributed by atoms with Gasteiger partial charge >= 0.3 is 6.01 Å². The molecule has 0 fully saturated rings. The fourth-order valence-corrected chi connectivity index (χ4v) is 3.28. The van der Waals surface area contributed by atoms with E-state index in [0.717, 1.165) is 21.6 Å². The molecule has 134 valence electrons. The van der Waals surface area contributed by atoms with E-state index < -0.39 is 0 Å². The fraction of sp³-hybridized carbons (Fsp3) is 0.250. The predicted molar refractivity (Wildman–Crippen MR) is 104 cm³/mol. The van der Waals surface area contributed by atoms with Crippen molar-refractivity contribution in [3.63, 3.8) is 0 Å². The molecule has 3 rings (SSSR count). The summed E-state index contributed by atoms with van der Waals surface area (Å²) < 4.78 is 5.59. The lowest BCUT2D eigenvalue weighted by Crippen LogP contribution is -2.12. The summed E-state index contributed by atoms with van der Waals surface area (Å²) in [6, 6.07) is 14.4. The van der Waals surface area contributed by atoms with Gasteiger partial charge < -0.3 is 4.42 Å². The first kappa shape index (κ1) is 18.2. The van der Waals surface area contributed by atoms with E-state index in [4.69, 9.17) is 4.42 Å². The molecule has 6 heteroatoms. The van der Waals surface area contributed by atoms with Crippen molar-refractivity contribution in [2.24, 2.45) is 0 Å². The third-order valence-corrected chi connectivity index (χ3v) is 4.93. The van der Waals surface area contributed by atoms with E-state index in [-0.39, 0.29) is 11.9 Å². The molecule has 0 saturated heterocycles. The molecule has 0 radical (unpaired) electrons. The lowest BCUT2D eigenvalue weighted by atomic mass is 10.1. The van der Waals surface area contributed by atoms with Gasteiger partial charge in [-0.25, -0.2) is 0 Å². The van der Waals surface area contributed by atoms with Crippen molar-refractivity contribution in [1.82, 2.24) is 10.2 Å². The largest absolute Gasteiger partial charge is 0.403 e. The van der Waals surface area contributed by atoms with Crippen molar-refractivity contribution in [2.75, 3.05) is 11.1 Å². The summed E-state index contributed by atoms with van der Waals surface area (Å²) in [5, 5.41) is 10.6. The molecule has 0 atom stereocenters. The quantitative estimate of drug-likeness (QED) is 0.635. The minimum absolute atomic E-state index is 0.131. The number of aromatic nitrogens is 2. The molecule has 3 aromatic rings. The first-order chi connectivity index (χ1) is 12.5. The van der Waals surface area contributed by atoms with Crippen molar-refractivity contribution in [2.45, 2.75) is 32.1 Å². The zero-order valence-electron chi connectivity index (χ0n) is 15.1. The molecule has 2 aromatic carbocycles. The molecule has 0 unspecified atom stereocenters. The minimum atomic E-state index is -0.138. The maximum absolute atomic E-state index is 12.1. The highest BCUT2D eigenvalue weighted by Gasteiger charge is 2.13. The van der Waals surface area contributed by atoms with Gasteiger partial charge in [-0.2, -0.15) is 0 Å². The number of hydrogen-bond acceptors (Lipinski definition) is 5. The van der Waals surface area contributed by atoms with Crippen molar-refractivity contribution < 1.29 is 9.21 Å². The third-order valence-electron chi connectivity index (χ3n) is 3.91. The summed E-state index contributed by atoms with van der Waals surface area (Å²) >= 11 is 1.65. The van der Waals surface area contributed by atoms with Crippen LogP contribution in [-0.4, -0.2) is 21.9 Å². The summed E-state index contributed by atoms with van der Waals surface area (Å²) in [6.07, 6.45) is 0.375. The topological polar surface area (TPSA) is 68.0 Å². The monoisotopic (exact) mass is 367 g/mol. The smallest absolute Gasteiger partial charge is 0.322 e. The Kier molecular flexibility index (Phi) is 5.73. The number of benzene rings is 2. The molecule has 5 nitrogen and oxygen atoms in total. The Morgan fingerprint density at radius 3 is 2.54 bits per heavy atom. The van der Waals surface area contributed by atoms with E-state index in [0.29, 0.717) is 18.1 Å². The summed E-state index contributed by atoms with van der Waals surface area (Å²) in [4.78, 5) is 13.2. The number of thioether (sulfide) groups is 1. The zero-order valence-corrected chi connectivity index (χ0v) is 15.9. The molecule has 1 aromatic heterocycles. The van der Waals surface area contributed by atoms with Gasteiger partial charge in [0.2, 0.25) is 11.8 Å². The Morgan fingerprint density at radius 1 is 1.04 bits per heavy atom. The van der Waals surface area contributed by atoms with E-state index in [2.05, 4.69) is 46.7 Å². The van der Waals surface area contributed by atoms with Crippen LogP contribution in [0.25, 0.3) is 11.5 Å². The molecule has 0 aliphatic carbocycles. The summed E-state index contributed by atoms with van der Waals surface area (Å²) in [6.45, 7) is 6.05. The second-order valence-electron chi connectivity index (χ2n) is 6.19. The van der Waals surface area contributed by atoms with Crippen molar-refractivity contribution >= 4 is 23.7 Å². The Hall–Kier alpha value is -2.60. The van der Waals surface area contributed by atoms with E-state index in [9.17, 15) is 4.79 Å². The van der Waals surface area contributed by atoms with Gasteiger partial charge in [-0.05, 0) is 44.5 Å². The van der Waals surface area contributed by atoms with Crippen molar-refractivity contribution in [3.05, 3.63) is 59.2 Å². The Labute approximate surface area is 157 Å². The molecule has 0 bridgehead atoms. The number of aryl methyl sites for hydroxylation is 3. The molecule has 0 spiro atoms. The first-order valence-corrected chi connectivity index (χ1v) is 9.40. The van der Waals surface area contributed by atoms with Gasteiger partial charge in [0.05, 0.1) is 0 Å². The van der Waals surface area contributed by atoms with Crippen LogP contribution in [0.1, 0.15) is 23.1 Å². The lowest BCUT2D eigenvalue weighted by Gasteiger charge is -2.03. The first-order valence-electron chi connectivity index (χ1n) is 8.42. The number of nitrogens with one attached hydrogen (secondary N) is 1. The van der Waals surface area contributed by atoms with Crippen molar-refractivity contribution in [3.8, 4) is 11.5 Å². The second kappa shape index (κ2) is 8.19. The molecular formula is C20H21N3O2S. The number of hydrogen-bond donors (Lipinski definition) is 1. The second-order valence-corrected chi connectivity index (χ2v) is 7.36. The van der Waals surface area contributed by atoms with Crippen LogP contribution in [0.2, 0.25) is 0 Å². The number of carbonyl (C=O) groups excluding carboxylic acids is 1. The van der Waals surface area contributed by atoms with Gasteiger partial charge in [-0.3, -0.25) is 10.1 Å². The van der Waals surface area contributed by atoms with E-state index in [1.54, 1.807) is 11.8 Å². The zero-order chi connectivity index (χ0) is 18.5. The molecule has 1 amide bonds. The van der Waals surface area contributed by atoms with Gasteiger partial charge in [0.25, 0.3) is 0 Å². The number of rotatable bonds is 6. The average molecular weight is 367 g/mol. The van der Waals surface area contributed by atoms with Crippen LogP contribution in [0, 0.1) is 20.8 Å². The van der Waals surface area contributed by atoms with E-state index in [1.165, 1.54) is 5.56 Å². The Morgan fingerprint density at radius 2 is 1.77 bits per heavy atom. The predicted octanol–water partition coefficient (Wildman–Crippen LogP) is 4.78. The maximum atomic E-state index is 12.1. The van der Waals surface area contributed by atoms with E-state index >= 15 is 0 Å². The Bertz CT molecular complexity index is 904. The normalized spacial score (nSPS) is 10.7. The number of anilines is 1. The van der Waals surface area contributed by atoms with Crippen LogP contribution in [0.15, 0.2) is 51.8 Å². The minimum Gasteiger partial charge on any atom is -0.403 e. The van der Waals surface area contributed by atoms with Gasteiger partial charge in [0.1, 0.15) is 0 Å². The number of carbonyl (C=O) groups is 1. The highest BCUT2D eigenvalue weighted by Crippen LogP contribution is 2.25. The maximum Gasteiger partial charge on any atom is 0.322 e. The van der Waals surface area contributed by atoms with Gasteiger partial charge in [-0.15, -0.1) is 16.9 Å². The standard InChI is InChI=1S/C20H21N3O2S/c1-13-5-8-16(9-6-13)26-11-10-18(24)21-20-23-22-19(25-20)17-12-14(2)4-7-15(17)3/h4-9,12H,10-11H2,1-3H3,(H,21,23,24). The molecule has 0 aliphatic heterocycles. The van der Waals surface area contributed by atoms with E-state index in [1.807, 2.05) is 32.0 Å². The summed E-state index contributed by atoms with van der Waals surface area (Å²) in [5.41, 5.74) is 4.27. The van der Waals surface area contributed by atoms with Gasteiger partial charge in [0.15, 0.2) is 0 Å². The fourth-order valence-electron chi connectivity index (χ4n) is 2.43. The van der Waals surface area contributed by atoms with Crippen molar-refractivity contribution in [1.29, 1.82) is 0 Å². The summed E-state index contributed by atoms with van der Waals surface area (Å²) in [7, 11) is 0. The molecule has 0 aliphatic rings. The van der Waals surface area contributed by atoms with Crippen LogP contribution in [0.3, 0.4) is 0 Å². The van der Waals surface area contributed by atoms with Crippen LogP contribution in [0.4, 0.5) is 6.01 Å². The van der Waals surface area contributed by atoms with Gasteiger partial charge in [0, 0.05) is 22.6 Å². The highest BCUT2D eigenvalue weighted by molar-refractivity contribution is 7.99. The van der Waals surface area contributed by atoms with Crippen LogP contribution in [0.5, 0.6) is 0 Å². The van der Waals surface area contributed by atoms with Gasteiger partial charge in [-0.1, -0.05) is 40.5 Å².